The van der Waals surface area contributed by atoms with E-state index in [1.165, 1.54) is 0 Å². The molecule has 0 fully saturated rings. The normalized spacial score (nSPS) is 12.6. The van der Waals surface area contributed by atoms with Crippen molar-refractivity contribution >= 4 is 11.9 Å². The summed E-state index contributed by atoms with van der Waals surface area (Å²) in [6.45, 7) is 7.39. The highest BCUT2D eigenvalue weighted by Gasteiger charge is 2.22. The van der Waals surface area contributed by atoms with Gasteiger partial charge in [0.05, 0.1) is 0 Å². The lowest BCUT2D eigenvalue weighted by molar-refractivity contribution is -0.138. The predicted molar refractivity (Wildman–Crippen MR) is 61.4 cm³/mol. The zero-order valence-electron chi connectivity index (χ0n) is 9.98. The Balaban J connectivity index is 2.89. The lowest BCUT2D eigenvalue weighted by atomic mass is 10.1. The first-order valence-corrected chi connectivity index (χ1v) is 5.21. The van der Waals surface area contributed by atoms with E-state index in [0.29, 0.717) is 5.95 Å². The first-order chi connectivity index (χ1) is 7.40. The van der Waals surface area contributed by atoms with Crippen molar-refractivity contribution in [3.8, 4) is 0 Å². The Morgan fingerprint density at radius 2 is 1.81 bits per heavy atom. The maximum atomic E-state index is 11.0. The molecule has 2 N–H and O–H groups in total. The molecule has 0 aliphatic rings. The van der Waals surface area contributed by atoms with Crippen molar-refractivity contribution in [1.29, 1.82) is 0 Å². The molecule has 0 aromatic carbocycles. The summed E-state index contributed by atoms with van der Waals surface area (Å²) in [5.74, 6) is -0.543. The third-order valence-electron chi connectivity index (χ3n) is 2.20. The number of aliphatic carboxylic acids is 1. The molecule has 0 saturated heterocycles. The smallest absolute Gasteiger partial charge is 0.326 e. The average Bonchev–Trinajstić information content (AvgIpc) is 2.11. The third-order valence-corrected chi connectivity index (χ3v) is 2.20. The van der Waals surface area contributed by atoms with E-state index in [1.807, 2.05) is 33.8 Å². The summed E-state index contributed by atoms with van der Waals surface area (Å²) in [4.78, 5) is 19.3. The standard InChI is InChI=1S/C11H17N3O2/c1-6(2)9(10(15)16)14-11-12-7(3)5-8(4)13-11/h5-6,9H,1-4H3,(H,15,16)(H,12,13,14). The molecule has 5 heteroatoms. The van der Waals surface area contributed by atoms with Crippen molar-refractivity contribution in [2.24, 2.45) is 5.92 Å². The van der Waals surface area contributed by atoms with Crippen LogP contribution in [0.5, 0.6) is 0 Å². The number of nitrogens with one attached hydrogen (secondary N) is 1. The number of carbonyl (C=O) groups is 1. The summed E-state index contributed by atoms with van der Waals surface area (Å²) >= 11 is 0. The van der Waals surface area contributed by atoms with Crippen LogP contribution in [0.4, 0.5) is 5.95 Å². The van der Waals surface area contributed by atoms with E-state index in [4.69, 9.17) is 5.11 Å². The van der Waals surface area contributed by atoms with Gasteiger partial charge in [0, 0.05) is 11.4 Å². The van der Waals surface area contributed by atoms with Crippen LogP contribution in [0.2, 0.25) is 0 Å². The van der Waals surface area contributed by atoms with Gasteiger partial charge in [0.15, 0.2) is 0 Å². The Kier molecular flexibility index (Phi) is 3.82. The van der Waals surface area contributed by atoms with Crippen LogP contribution in [-0.4, -0.2) is 27.1 Å². The van der Waals surface area contributed by atoms with Crippen LogP contribution in [0.25, 0.3) is 0 Å². The lowest BCUT2D eigenvalue weighted by Crippen LogP contribution is -2.35. The summed E-state index contributed by atoms with van der Waals surface area (Å²) in [5.41, 5.74) is 1.64. The number of carboxylic acid groups (broad SMARTS) is 1. The van der Waals surface area contributed by atoms with Gasteiger partial charge in [-0.2, -0.15) is 0 Å². The Morgan fingerprint density at radius 1 is 1.31 bits per heavy atom. The molecule has 88 valence electrons. The maximum Gasteiger partial charge on any atom is 0.326 e. The van der Waals surface area contributed by atoms with Crippen LogP contribution < -0.4 is 5.32 Å². The molecule has 0 aliphatic heterocycles. The van der Waals surface area contributed by atoms with E-state index in [9.17, 15) is 4.79 Å². The molecule has 1 heterocycles. The highest BCUT2D eigenvalue weighted by atomic mass is 16.4. The topological polar surface area (TPSA) is 75.1 Å². The molecule has 1 aromatic rings. The molecular weight excluding hydrogens is 206 g/mol. The number of aromatic nitrogens is 2. The van der Waals surface area contributed by atoms with Crippen molar-refractivity contribution in [3.05, 3.63) is 17.5 Å². The van der Waals surface area contributed by atoms with Gasteiger partial charge in [-0.15, -0.1) is 0 Å². The number of rotatable bonds is 4. The molecule has 0 spiro atoms. The van der Waals surface area contributed by atoms with Gasteiger partial charge in [0.25, 0.3) is 0 Å². The summed E-state index contributed by atoms with van der Waals surface area (Å²) in [5, 5.41) is 11.9. The van der Waals surface area contributed by atoms with E-state index in [-0.39, 0.29) is 5.92 Å². The van der Waals surface area contributed by atoms with Crippen LogP contribution >= 0.6 is 0 Å². The van der Waals surface area contributed by atoms with Crippen LogP contribution in [-0.2, 0) is 4.79 Å². The molecule has 16 heavy (non-hydrogen) atoms. The van der Waals surface area contributed by atoms with Crippen LogP contribution in [0.15, 0.2) is 6.07 Å². The monoisotopic (exact) mass is 223 g/mol. The van der Waals surface area contributed by atoms with E-state index in [2.05, 4.69) is 15.3 Å². The highest BCUT2D eigenvalue weighted by Crippen LogP contribution is 2.10. The minimum absolute atomic E-state index is 0.0260. The quantitative estimate of drug-likeness (QED) is 0.811. The SMILES string of the molecule is Cc1cc(C)nc(NC(C(=O)O)C(C)C)n1. The number of hydrogen-bond acceptors (Lipinski definition) is 4. The van der Waals surface area contributed by atoms with Crippen molar-refractivity contribution in [2.45, 2.75) is 33.7 Å². The second kappa shape index (κ2) is 4.92. The molecule has 1 rings (SSSR count). The minimum atomic E-state index is -0.891. The van der Waals surface area contributed by atoms with Crippen LogP contribution in [0.3, 0.4) is 0 Å². The second-order valence-corrected chi connectivity index (χ2v) is 4.18. The summed E-state index contributed by atoms with van der Waals surface area (Å²) in [6.07, 6.45) is 0. The average molecular weight is 223 g/mol. The number of nitrogens with zero attached hydrogens (tertiary/aromatic N) is 2. The zero-order chi connectivity index (χ0) is 12.3. The van der Waals surface area contributed by atoms with Crippen molar-refractivity contribution in [1.82, 2.24) is 9.97 Å². The number of carboxylic acids is 1. The molecule has 0 bridgehead atoms. The summed E-state index contributed by atoms with van der Waals surface area (Å²) < 4.78 is 0. The summed E-state index contributed by atoms with van der Waals surface area (Å²) in [7, 11) is 0. The Morgan fingerprint density at radius 3 is 2.19 bits per heavy atom. The van der Waals surface area contributed by atoms with Gasteiger partial charge in [-0.25, -0.2) is 14.8 Å². The van der Waals surface area contributed by atoms with E-state index in [1.54, 1.807) is 0 Å². The highest BCUT2D eigenvalue weighted by molar-refractivity contribution is 5.76. The largest absolute Gasteiger partial charge is 0.480 e. The van der Waals surface area contributed by atoms with Crippen LogP contribution in [0.1, 0.15) is 25.2 Å². The van der Waals surface area contributed by atoms with Gasteiger partial charge < -0.3 is 10.4 Å². The number of hydrogen-bond donors (Lipinski definition) is 2. The summed E-state index contributed by atoms with van der Waals surface area (Å²) in [6, 6.07) is 1.18. The molecule has 1 atom stereocenters. The molecule has 0 amide bonds. The zero-order valence-corrected chi connectivity index (χ0v) is 9.98. The Labute approximate surface area is 94.9 Å². The van der Waals surface area contributed by atoms with Gasteiger partial charge in [0.2, 0.25) is 5.95 Å². The fourth-order valence-corrected chi connectivity index (χ4v) is 1.44. The molecule has 1 unspecified atom stereocenters. The third kappa shape index (κ3) is 3.18. The van der Waals surface area contributed by atoms with E-state index >= 15 is 0 Å². The van der Waals surface area contributed by atoms with Gasteiger partial charge in [-0.3, -0.25) is 0 Å². The van der Waals surface area contributed by atoms with Crippen molar-refractivity contribution in [2.75, 3.05) is 5.32 Å². The van der Waals surface area contributed by atoms with Crippen molar-refractivity contribution < 1.29 is 9.90 Å². The number of anilines is 1. The fraction of sp³-hybridized carbons (Fsp3) is 0.545. The second-order valence-electron chi connectivity index (χ2n) is 4.18. The molecule has 5 nitrogen and oxygen atoms in total. The molecular formula is C11H17N3O2. The van der Waals surface area contributed by atoms with E-state index in [0.717, 1.165) is 11.4 Å². The number of aryl methyl sites for hydroxylation is 2. The molecule has 1 aromatic heterocycles. The Hall–Kier alpha value is -1.65. The lowest BCUT2D eigenvalue weighted by Gasteiger charge is -2.18. The predicted octanol–water partition coefficient (Wildman–Crippen LogP) is 1.61. The van der Waals surface area contributed by atoms with Gasteiger partial charge in [0.1, 0.15) is 6.04 Å². The molecule has 0 radical (unpaired) electrons. The first kappa shape index (κ1) is 12.4. The van der Waals surface area contributed by atoms with Gasteiger partial charge >= 0.3 is 5.97 Å². The first-order valence-electron chi connectivity index (χ1n) is 5.21. The van der Waals surface area contributed by atoms with Crippen molar-refractivity contribution in [3.63, 3.8) is 0 Å². The minimum Gasteiger partial charge on any atom is -0.480 e. The molecule has 0 saturated carbocycles. The van der Waals surface area contributed by atoms with Crippen LogP contribution in [0, 0.1) is 19.8 Å². The Bertz CT molecular complexity index is 371. The van der Waals surface area contributed by atoms with E-state index < -0.39 is 12.0 Å². The fourth-order valence-electron chi connectivity index (χ4n) is 1.44. The van der Waals surface area contributed by atoms with Gasteiger partial charge in [-0.1, -0.05) is 13.8 Å². The maximum absolute atomic E-state index is 11.0. The van der Waals surface area contributed by atoms with Gasteiger partial charge in [-0.05, 0) is 25.8 Å². The molecule has 0 aliphatic carbocycles.